The summed E-state index contributed by atoms with van der Waals surface area (Å²) in [6, 6.07) is -1.48. The summed E-state index contributed by atoms with van der Waals surface area (Å²) in [6.45, 7) is 4.22. The van der Waals surface area contributed by atoms with Crippen molar-refractivity contribution in [1.82, 2.24) is 20.4 Å². The second-order valence-electron chi connectivity index (χ2n) is 6.27. The molecule has 0 radical (unpaired) electrons. The minimum absolute atomic E-state index is 0.0460. The lowest BCUT2D eigenvalue weighted by Gasteiger charge is -2.28. The van der Waals surface area contributed by atoms with Gasteiger partial charge in [0, 0.05) is 24.8 Å². The van der Waals surface area contributed by atoms with Crippen LogP contribution in [0.25, 0.3) is 0 Å². The molecular weight excluding hydrogens is 272 g/mol. The van der Waals surface area contributed by atoms with Crippen molar-refractivity contribution in [2.75, 3.05) is 0 Å². The Kier molecular flexibility index (Phi) is 4.20. The fourth-order valence-electron chi connectivity index (χ4n) is 2.80. The molecule has 2 atom stereocenters. The lowest BCUT2D eigenvalue weighted by molar-refractivity contribution is -0.139. The quantitative estimate of drug-likeness (QED) is 0.782. The van der Waals surface area contributed by atoms with Gasteiger partial charge in [0.1, 0.15) is 0 Å². The van der Waals surface area contributed by atoms with Crippen molar-refractivity contribution < 1.29 is 14.7 Å². The Labute approximate surface area is 123 Å². The number of nitrogens with one attached hydrogen (secondary N) is 2. The number of aryl methyl sites for hydroxylation is 1. The van der Waals surface area contributed by atoms with Crippen LogP contribution in [0.2, 0.25) is 0 Å². The summed E-state index contributed by atoms with van der Waals surface area (Å²) < 4.78 is 1.50. The van der Waals surface area contributed by atoms with Gasteiger partial charge >= 0.3 is 12.0 Å². The molecule has 1 heterocycles. The molecule has 0 spiro atoms. The Bertz CT molecular complexity index is 538. The molecule has 7 heteroatoms. The maximum absolute atomic E-state index is 12.1. The zero-order valence-corrected chi connectivity index (χ0v) is 12.6. The highest BCUT2D eigenvalue weighted by Crippen LogP contribution is 2.37. The zero-order chi connectivity index (χ0) is 15.6. The van der Waals surface area contributed by atoms with Crippen LogP contribution in [0.15, 0.2) is 12.4 Å². The van der Waals surface area contributed by atoms with E-state index in [2.05, 4.69) is 29.6 Å². The van der Waals surface area contributed by atoms with E-state index in [4.69, 9.17) is 0 Å². The fourth-order valence-corrected chi connectivity index (χ4v) is 2.80. The Morgan fingerprint density at radius 3 is 2.71 bits per heavy atom. The van der Waals surface area contributed by atoms with Crippen molar-refractivity contribution in [2.24, 2.45) is 12.5 Å². The average molecular weight is 294 g/mol. The number of hydrogen-bond acceptors (Lipinski definition) is 3. The molecule has 1 fully saturated rings. The van der Waals surface area contributed by atoms with Crippen molar-refractivity contribution in [3.63, 3.8) is 0 Å². The highest BCUT2D eigenvalue weighted by molar-refractivity contribution is 5.83. The number of aromatic nitrogens is 2. The van der Waals surface area contributed by atoms with Gasteiger partial charge in [-0.15, -0.1) is 0 Å². The number of aliphatic carboxylic acids is 1. The summed E-state index contributed by atoms with van der Waals surface area (Å²) in [5.41, 5.74) is 0.496. The fraction of sp³-hybridized carbons (Fsp3) is 0.643. The summed E-state index contributed by atoms with van der Waals surface area (Å²) in [5.74, 6) is -1.11. The van der Waals surface area contributed by atoms with Gasteiger partial charge in [-0.3, -0.25) is 4.68 Å². The monoisotopic (exact) mass is 294 g/mol. The number of nitrogens with zero attached hydrogens (tertiary/aromatic N) is 2. The van der Waals surface area contributed by atoms with Crippen molar-refractivity contribution in [3.05, 3.63) is 18.0 Å². The SMILES string of the molecule is Cn1cc(C(NC(=O)NC2CCCC2(C)C)C(=O)O)cn1. The lowest BCUT2D eigenvalue weighted by atomic mass is 9.87. The highest BCUT2D eigenvalue weighted by atomic mass is 16.4. The number of hydrogen-bond donors (Lipinski definition) is 3. The molecule has 7 nitrogen and oxygen atoms in total. The van der Waals surface area contributed by atoms with Crippen molar-refractivity contribution in [1.29, 1.82) is 0 Å². The van der Waals surface area contributed by atoms with E-state index in [1.54, 1.807) is 13.2 Å². The number of carbonyl (C=O) groups excluding carboxylic acids is 1. The topological polar surface area (TPSA) is 96.2 Å². The Balaban J connectivity index is 2.01. The zero-order valence-electron chi connectivity index (χ0n) is 12.6. The van der Waals surface area contributed by atoms with Crippen molar-refractivity contribution in [3.8, 4) is 0 Å². The third kappa shape index (κ3) is 3.53. The predicted octanol–water partition coefficient (Wildman–Crippen LogP) is 1.42. The third-order valence-corrected chi connectivity index (χ3v) is 4.14. The van der Waals surface area contributed by atoms with Gasteiger partial charge in [0.2, 0.25) is 0 Å². The van der Waals surface area contributed by atoms with Crippen LogP contribution in [0.5, 0.6) is 0 Å². The number of carboxylic acid groups (broad SMARTS) is 1. The summed E-state index contributed by atoms with van der Waals surface area (Å²) in [5, 5.41) is 18.6. The molecule has 3 N–H and O–H groups in total. The first-order chi connectivity index (χ1) is 9.79. The summed E-state index contributed by atoms with van der Waals surface area (Å²) in [7, 11) is 1.70. The predicted molar refractivity (Wildman–Crippen MR) is 76.7 cm³/mol. The molecular formula is C14H22N4O3. The highest BCUT2D eigenvalue weighted by Gasteiger charge is 2.36. The molecule has 116 valence electrons. The van der Waals surface area contributed by atoms with Crippen molar-refractivity contribution in [2.45, 2.75) is 45.2 Å². The van der Waals surface area contributed by atoms with Crippen LogP contribution in [0, 0.1) is 5.41 Å². The van der Waals surface area contributed by atoms with Gasteiger partial charge in [0.15, 0.2) is 6.04 Å². The normalized spacial score (nSPS) is 21.8. The van der Waals surface area contributed by atoms with E-state index in [-0.39, 0.29) is 11.5 Å². The van der Waals surface area contributed by atoms with Crippen LogP contribution in [0.3, 0.4) is 0 Å². The minimum Gasteiger partial charge on any atom is -0.479 e. The average Bonchev–Trinajstić information content (AvgIpc) is 2.93. The lowest BCUT2D eigenvalue weighted by Crippen LogP contribution is -2.48. The van der Waals surface area contributed by atoms with Crippen LogP contribution >= 0.6 is 0 Å². The van der Waals surface area contributed by atoms with E-state index in [9.17, 15) is 14.7 Å². The molecule has 1 aliphatic carbocycles. The first-order valence-electron chi connectivity index (χ1n) is 7.08. The van der Waals surface area contributed by atoms with Crippen molar-refractivity contribution >= 4 is 12.0 Å². The Morgan fingerprint density at radius 2 is 2.24 bits per heavy atom. The molecule has 0 bridgehead atoms. The second-order valence-corrected chi connectivity index (χ2v) is 6.27. The molecule has 2 unspecified atom stereocenters. The number of rotatable bonds is 4. The molecule has 2 amide bonds. The first-order valence-corrected chi connectivity index (χ1v) is 7.08. The van der Waals surface area contributed by atoms with E-state index in [0.717, 1.165) is 19.3 Å². The summed E-state index contributed by atoms with van der Waals surface area (Å²) >= 11 is 0. The van der Waals surface area contributed by atoms with Crippen LogP contribution in [0.1, 0.15) is 44.7 Å². The molecule has 0 aliphatic heterocycles. The molecule has 0 aromatic carbocycles. The number of carboxylic acids is 1. The Morgan fingerprint density at radius 1 is 1.52 bits per heavy atom. The molecule has 0 saturated heterocycles. The number of urea groups is 1. The molecule has 1 aliphatic rings. The molecule has 1 aromatic heterocycles. The summed E-state index contributed by atoms with van der Waals surface area (Å²) in [6.07, 6.45) is 6.08. The van der Waals surface area contributed by atoms with Gasteiger partial charge < -0.3 is 15.7 Å². The molecule has 2 rings (SSSR count). The third-order valence-electron chi connectivity index (χ3n) is 4.14. The van der Waals surface area contributed by atoms with E-state index in [1.165, 1.54) is 10.9 Å². The molecule has 1 aromatic rings. The first kappa shape index (κ1) is 15.3. The summed E-state index contributed by atoms with van der Waals surface area (Å²) in [4.78, 5) is 23.4. The number of carbonyl (C=O) groups is 2. The second kappa shape index (κ2) is 5.75. The van der Waals surface area contributed by atoms with Crippen LogP contribution < -0.4 is 10.6 Å². The van der Waals surface area contributed by atoms with Gasteiger partial charge in [-0.2, -0.15) is 5.10 Å². The smallest absolute Gasteiger partial charge is 0.331 e. The van der Waals surface area contributed by atoms with Gasteiger partial charge in [0.25, 0.3) is 0 Å². The standard InChI is InChI=1S/C14H22N4O3/c1-14(2)6-4-5-10(14)16-13(21)17-11(12(19)20)9-7-15-18(3)8-9/h7-8,10-11H,4-6H2,1-3H3,(H,19,20)(H2,16,17,21). The Hall–Kier alpha value is -2.05. The van der Waals surface area contributed by atoms with Gasteiger partial charge in [0.05, 0.1) is 6.20 Å². The van der Waals surface area contributed by atoms with Gasteiger partial charge in [-0.25, -0.2) is 9.59 Å². The van der Waals surface area contributed by atoms with Gasteiger partial charge in [-0.1, -0.05) is 20.3 Å². The van der Waals surface area contributed by atoms with E-state index in [1.807, 2.05) is 0 Å². The largest absolute Gasteiger partial charge is 0.479 e. The van der Waals surface area contributed by atoms with Crippen LogP contribution in [-0.4, -0.2) is 32.9 Å². The van der Waals surface area contributed by atoms with Crippen LogP contribution in [-0.2, 0) is 11.8 Å². The number of amides is 2. The maximum Gasteiger partial charge on any atom is 0.331 e. The van der Waals surface area contributed by atoms with Gasteiger partial charge in [-0.05, 0) is 18.3 Å². The van der Waals surface area contributed by atoms with Crippen LogP contribution in [0.4, 0.5) is 4.79 Å². The molecule has 21 heavy (non-hydrogen) atoms. The molecule has 1 saturated carbocycles. The minimum atomic E-state index is -1.11. The van der Waals surface area contributed by atoms with E-state index >= 15 is 0 Å². The van der Waals surface area contributed by atoms with E-state index < -0.39 is 18.0 Å². The van der Waals surface area contributed by atoms with E-state index in [0.29, 0.717) is 5.56 Å². The maximum atomic E-state index is 12.1.